The number of nitrogen functional groups attached to an aromatic ring is 1. The molecule has 0 spiro atoms. The van der Waals surface area contributed by atoms with Gasteiger partial charge in [0.1, 0.15) is 0 Å². The molecule has 3 aromatic rings. The van der Waals surface area contributed by atoms with Gasteiger partial charge in [0.25, 0.3) is 0 Å². The molecule has 17 heavy (non-hydrogen) atoms. The highest BCUT2D eigenvalue weighted by molar-refractivity contribution is 7.09. The van der Waals surface area contributed by atoms with Gasteiger partial charge in [-0.05, 0) is 30.0 Å². The summed E-state index contributed by atoms with van der Waals surface area (Å²) in [5.74, 6) is 0.810. The largest absolute Gasteiger partial charge is 0.396 e. The zero-order valence-corrected chi connectivity index (χ0v) is 10.2. The highest BCUT2D eigenvalue weighted by Gasteiger charge is 2.08. The number of rotatable bonds is 2. The van der Waals surface area contributed by atoms with E-state index in [4.69, 9.17) is 5.73 Å². The summed E-state index contributed by atoms with van der Waals surface area (Å²) < 4.78 is 1.76. The summed E-state index contributed by atoms with van der Waals surface area (Å²) in [7, 11) is 0. The van der Waals surface area contributed by atoms with Crippen LogP contribution in [0, 0.1) is 6.92 Å². The van der Waals surface area contributed by atoms with Crippen molar-refractivity contribution in [2.75, 3.05) is 5.73 Å². The molecule has 0 unspecified atom stereocenters. The third-order valence-corrected chi connectivity index (χ3v) is 3.43. The van der Waals surface area contributed by atoms with Crippen molar-refractivity contribution in [3.05, 3.63) is 46.0 Å². The van der Waals surface area contributed by atoms with Crippen molar-refractivity contribution in [3.8, 4) is 0 Å². The molecule has 4 nitrogen and oxygen atoms in total. The SMILES string of the molecule is Cc1cc(N)c2nc(Cc3cccs3)nn2c1. The molecule has 86 valence electrons. The lowest BCUT2D eigenvalue weighted by Crippen LogP contribution is -1.95. The van der Waals surface area contributed by atoms with Gasteiger partial charge in [-0.15, -0.1) is 11.3 Å². The first-order chi connectivity index (χ1) is 8.22. The van der Waals surface area contributed by atoms with Crippen LogP contribution in [-0.2, 0) is 6.42 Å². The van der Waals surface area contributed by atoms with Gasteiger partial charge in [0, 0.05) is 17.5 Å². The summed E-state index contributed by atoms with van der Waals surface area (Å²) in [4.78, 5) is 5.72. The van der Waals surface area contributed by atoms with Crippen LogP contribution in [0.3, 0.4) is 0 Å². The Morgan fingerprint density at radius 3 is 3.12 bits per heavy atom. The van der Waals surface area contributed by atoms with E-state index in [0.29, 0.717) is 5.69 Å². The molecule has 3 rings (SSSR count). The summed E-state index contributed by atoms with van der Waals surface area (Å²) >= 11 is 1.71. The molecule has 0 radical (unpaired) electrons. The minimum atomic E-state index is 0.676. The Morgan fingerprint density at radius 2 is 2.35 bits per heavy atom. The first-order valence-electron chi connectivity index (χ1n) is 5.36. The standard InChI is InChI=1S/C12H12N4S/c1-8-5-10(13)12-14-11(15-16(12)7-8)6-9-3-2-4-17-9/h2-5,7H,6,13H2,1H3. The third-order valence-electron chi connectivity index (χ3n) is 2.55. The normalized spacial score (nSPS) is 11.1. The minimum Gasteiger partial charge on any atom is -0.396 e. The highest BCUT2D eigenvalue weighted by Crippen LogP contribution is 2.16. The molecule has 0 amide bonds. The van der Waals surface area contributed by atoms with Crippen molar-refractivity contribution in [3.63, 3.8) is 0 Å². The number of fused-ring (bicyclic) bond motifs is 1. The van der Waals surface area contributed by atoms with E-state index >= 15 is 0 Å². The van der Waals surface area contributed by atoms with E-state index in [9.17, 15) is 0 Å². The number of aromatic nitrogens is 3. The molecule has 0 aliphatic carbocycles. The van der Waals surface area contributed by atoms with E-state index in [1.165, 1.54) is 4.88 Å². The first-order valence-corrected chi connectivity index (χ1v) is 6.24. The van der Waals surface area contributed by atoms with E-state index in [1.807, 2.05) is 25.3 Å². The van der Waals surface area contributed by atoms with Crippen LogP contribution in [0.15, 0.2) is 29.8 Å². The molecule has 0 aliphatic rings. The first kappa shape index (κ1) is 10.3. The second-order valence-corrected chi connectivity index (χ2v) is 5.06. The van der Waals surface area contributed by atoms with Gasteiger partial charge in [-0.3, -0.25) is 0 Å². The Kier molecular flexibility index (Phi) is 2.33. The maximum absolute atomic E-state index is 5.92. The van der Waals surface area contributed by atoms with Crippen molar-refractivity contribution in [1.82, 2.24) is 14.6 Å². The quantitative estimate of drug-likeness (QED) is 0.752. The topological polar surface area (TPSA) is 56.2 Å². The fourth-order valence-corrected chi connectivity index (χ4v) is 2.54. The average Bonchev–Trinajstić information content (AvgIpc) is 2.87. The van der Waals surface area contributed by atoms with Crippen molar-refractivity contribution in [2.45, 2.75) is 13.3 Å². The van der Waals surface area contributed by atoms with E-state index in [-0.39, 0.29) is 0 Å². The second-order valence-electron chi connectivity index (χ2n) is 4.03. The van der Waals surface area contributed by atoms with E-state index in [1.54, 1.807) is 15.9 Å². The number of thiophene rings is 1. The number of anilines is 1. The van der Waals surface area contributed by atoms with E-state index in [2.05, 4.69) is 21.5 Å². The van der Waals surface area contributed by atoms with Gasteiger partial charge < -0.3 is 5.73 Å². The maximum Gasteiger partial charge on any atom is 0.178 e. The number of hydrogen-bond acceptors (Lipinski definition) is 4. The van der Waals surface area contributed by atoms with Crippen LogP contribution in [-0.4, -0.2) is 14.6 Å². The monoisotopic (exact) mass is 244 g/mol. The zero-order chi connectivity index (χ0) is 11.8. The van der Waals surface area contributed by atoms with Gasteiger partial charge in [-0.2, -0.15) is 5.10 Å². The molecule has 0 saturated heterocycles. The smallest absolute Gasteiger partial charge is 0.178 e. The summed E-state index contributed by atoms with van der Waals surface area (Å²) in [5, 5.41) is 6.50. The lowest BCUT2D eigenvalue weighted by Gasteiger charge is -1.97. The Hall–Kier alpha value is -1.88. The average molecular weight is 244 g/mol. The number of aryl methyl sites for hydroxylation is 1. The maximum atomic E-state index is 5.92. The van der Waals surface area contributed by atoms with Gasteiger partial charge in [0.05, 0.1) is 5.69 Å². The predicted molar refractivity (Wildman–Crippen MR) is 69.3 cm³/mol. The molecular formula is C12H12N4S. The van der Waals surface area contributed by atoms with Crippen LogP contribution in [0.1, 0.15) is 16.3 Å². The van der Waals surface area contributed by atoms with Crippen molar-refractivity contribution < 1.29 is 0 Å². The predicted octanol–water partition coefficient (Wildman–Crippen LogP) is 2.27. The van der Waals surface area contributed by atoms with Gasteiger partial charge in [0.2, 0.25) is 0 Å². The van der Waals surface area contributed by atoms with Crippen LogP contribution in [0.5, 0.6) is 0 Å². The van der Waals surface area contributed by atoms with Gasteiger partial charge in [-0.25, -0.2) is 9.50 Å². The molecular weight excluding hydrogens is 232 g/mol. The Morgan fingerprint density at radius 1 is 1.47 bits per heavy atom. The highest BCUT2D eigenvalue weighted by atomic mass is 32.1. The lowest BCUT2D eigenvalue weighted by atomic mass is 10.3. The van der Waals surface area contributed by atoms with Gasteiger partial charge >= 0.3 is 0 Å². The Labute approximate surface area is 103 Å². The third kappa shape index (κ3) is 1.89. The van der Waals surface area contributed by atoms with Gasteiger partial charge in [-0.1, -0.05) is 6.07 Å². The van der Waals surface area contributed by atoms with Gasteiger partial charge in [0.15, 0.2) is 11.5 Å². The fraction of sp³-hybridized carbons (Fsp3) is 0.167. The van der Waals surface area contributed by atoms with Crippen LogP contribution < -0.4 is 5.73 Å². The molecule has 0 aromatic carbocycles. The molecule has 3 aromatic heterocycles. The summed E-state index contributed by atoms with van der Waals surface area (Å²) in [6, 6.07) is 6.04. The molecule has 0 fully saturated rings. The van der Waals surface area contributed by atoms with Crippen LogP contribution in [0.2, 0.25) is 0 Å². The Bertz CT molecular complexity index is 655. The van der Waals surface area contributed by atoms with Crippen LogP contribution in [0.4, 0.5) is 5.69 Å². The number of pyridine rings is 1. The van der Waals surface area contributed by atoms with E-state index in [0.717, 1.165) is 23.5 Å². The van der Waals surface area contributed by atoms with E-state index < -0.39 is 0 Å². The summed E-state index contributed by atoms with van der Waals surface area (Å²) in [6.45, 7) is 2.00. The lowest BCUT2D eigenvalue weighted by molar-refractivity contribution is 0.900. The fourth-order valence-electron chi connectivity index (χ4n) is 1.84. The number of hydrogen-bond donors (Lipinski definition) is 1. The Balaban J connectivity index is 2.05. The molecule has 3 heterocycles. The van der Waals surface area contributed by atoms with Crippen LogP contribution >= 0.6 is 11.3 Å². The number of nitrogens with zero attached hydrogens (tertiary/aromatic N) is 3. The molecule has 5 heteroatoms. The van der Waals surface area contributed by atoms with Crippen LogP contribution in [0.25, 0.3) is 5.65 Å². The molecule has 0 saturated carbocycles. The summed E-state index contributed by atoms with van der Waals surface area (Å²) in [6.07, 6.45) is 2.70. The number of nitrogens with two attached hydrogens (primary N) is 1. The molecule has 0 atom stereocenters. The van der Waals surface area contributed by atoms with Crippen molar-refractivity contribution in [1.29, 1.82) is 0 Å². The molecule has 2 N–H and O–H groups in total. The van der Waals surface area contributed by atoms with Crippen molar-refractivity contribution >= 4 is 22.7 Å². The molecule has 0 aliphatic heterocycles. The zero-order valence-electron chi connectivity index (χ0n) is 9.42. The minimum absolute atomic E-state index is 0.676. The molecule has 0 bridgehead atoms. The van der Waals surface area contributed by atoms with Crippen molar-refractivity contribution in [2.24, 2.45) is 0 Å². The second kappa shape index (κ2) is 3.85. The summed E-state index contributed by atoms with van der Waals surface area (Å²) in [5.41, 5.74) is 8.42.